The molecule has 21 heavy (non-hydrogen) atoms. The molecule has 0 aliphatic heterocycles. The van der Waals surface area contributed by atoms with Gasteiger partial charge in [0.2, 0.25) is 0 Å². The lowest BCUT2D eigenvalue weighted by Crippen LogP contribution is -2.13. The van der Waals surface area contributed by atoms with E-state index in [4.69, 9.17) is 0 Å². The first kappa shape index (κ1) is 15.5. The molecule has 0 saturated carbocycles. The Morgan fingerprint density at radius 3 is 2.76 bits per heavy atom. The van der Waals surface area contributed by atoms with Crippen molar-refractivity contribution in [2.75, 3.05) is 5.32 Å². The number of amides is 1. The van der Waals surface area contributed by atoms with E-state index in [0.29, 0.717) is 4.88 Å². The van der Waals surface area contributed by atoms with E-state index in [2.05, 4.69) is 10.3 Å². The largest absolute Gasteiger partial charge is 0.508 e. The number of phenolic OH excluding ortho intramolecular Hbond substituents is 1. The van der Waals surface area contributed by atoms with Crippen LogP contribution in [0.1, 0.15) is 53.2 Å². The third-order valence-corrected chi connectivity index (χ3v) is 4.29. The quantitative estimate of drug-likeness (QED) is 0.836. The Hall–Kier alpha value is -1.88. The molecule has 1 aromatic carbocycles. The summed E-state index contributed by atoms with van der Waals surface area (Å²) in [6.07, 6.45) is 0.734. The van der Waals surface area contributed by atoms with Crippen LogP contribution in [0.15, 0.2) is 17.6 Å². The van der Waals surface area contributed by atoms with Crippen LogP contribution in [0.4, 0.5) is 5.69 Å². The van der Waals surface area contributed by atoms with Crippen molar-refractivity contribution in [3.63, 3.8) is 0 Å². The van der Waals surface area contributed by atoms with Gasteiger partial charge in [0.15, 0.2) is 0 Å². The molecule has 0 saturated heterocycles. The summed E-state index contributed by atoms with van der Waals surface area (Å²) in [7, 11) is 0. The van der Waals surface area contributed by atoms with Crippen molar-refractivity contribution in [3.8, 4) is 5.75 Å². The van der Waals surface area contributed by atoms with Gasteiger partial charge in [-0.25, -0.2) is 4.98 Å². The van der Waals surface area contributed by atoms with Crippen LogP contribution in [0.5, 0.6) is 5.75 Å². The molecule has 112 valence electrons. The van der Waals surface area contributed by atoms with Crippen LogP contribution in [0.25, 0.3) is 0 Å². The summed E-state index contributed by atoms with van der Waals surface area (Å²) in [5.41, 5.74) is 4.91. The Bertz CT molecular complexity index is 662. The Kier molecular flexibility index (Phi) is 4.63. The van der Waals surface area contributed by atoms with Gasteiger partial charge in [-0.05, 0) is 42.5 Å². The SMILES string of the molecule is CCc1ncsc1C(=O)Nc1cc(C(C)C)c(O)cc1C. The van der Waals surface area contributed by atoms with E-state index >= 15 is 0 Å². The molecule has 0 aliphatic carbocycles. The number of aromatic nitrogens is 1. The van der Waals surface area contributed by atoms with Gasteiger partial charge in [0.05, 0.1) is 11.2 Å². The summed E-state index contributed by atoms with van der Waals surface area (Å²) in [6.45, 7) is 7.87. The fourth-order valence-corrected chi connectivity index (χ4v) is 2.97. The van der Waals surface area contributed by atoms with Crippen molar-refractivity contribution < 1.29 is 9.90 Å². The lowest BCUT2D eigenvalue weighted by atomic mass is 9.99. The number of thiazole rings is 1. The van der Waals surface area contributed by atoms with Gasteiger partial charge in [0.1, 0.15) is 10.6 Å². The van der Waals surface area contributed by atoms with Crippen molar-refractivity contribution in [2.24, 2.45) is 0 Å². The molecular weight excluding hydrogens is 284 g/mol. The van der Waals surface area contributed by atoms with E-state index in [1.807, 2.05) is 33.8 Å². The maximum atomic E-state index is 12.4. The Labute approximate surface area is 128 Å². The molecule has 1 aromatic heterocycles. The third kappa shape index (κ3) is 3.24. The zero-order valence-electron chi connectivity index (χ0n) is 12.7. The zero-order valence-corrected chi connectivity index (χ0v) is 13.5. The van der Waals surface area contributed by atoms with Gasteiger partial charge in [-0.15, -0.1) is 11.3 Å². The summed E-state index contributed by atoms with van der Waals surface area (Å²) in [5, 5.41) is 12.9. The molecule has 1 amide bonds. The number of benzene rings is 1. The second-order valence-corrected chi connectivity index (χ2v) is 6.17. The molecule has 0 aliphatic rings. The number of anilines is 1. The number of aryl methyl sites for hydroxylation is 2. The zero-order chi connectivity index (χ0) is 15.6. The Morgan fingerprint density at radius 1 is 1.43 bits per heavy atom. The van der Waals surface area contributed by atoms with Gasteiger partial charge < -0.3 is 10.4 Å². The second-order valence-electron chi connectivity index (χ2n) is 5.32. The highest BCUT2D eigenvalue weighted by molar-refractivity contribution is 7.12. The normalized spacial score (nSPS) is 10.9. The highest BCUT2D eigenvalue weighted by Crippen LogP contribution is 2.31. The number of nitrogens with zero attached hydrogens (tertiary/aromatic N) is 1. The van der Waals surface area contributed by atoms with Crippen molar-refractivity contribution in [1.82, 2.24) is 4.98 Å². The molecule has 2 N–H and O–H groups in total. The van der Waals surface area contributed by atoms with Crippen LogP contribution in [-0.4, -0.2) is 16.0 Å². The minimum Gasteiger partial charge on any atom is -0.508 e. The van der Waals surface area contributed by atoms with Gasteiger partial charge >= 0.3 is 0 Å². The molecule has 0 atom stereocenters. The predicted molar refractivity (Wildman–Crippen MR) is 86.4 cm³/mol. The van der Waals surface area contributed by atoms with Gasteiger partial charge in [-0.2, -0.15) is 0 Å². The number of hydrogen-bond donors (Lipinski definition) is 2. The Morgan fingerprint density at radius 2 is 2.14 bits per heavy atom. The summed E-state index contributed by atoms with van der Waals surface area (Å²) in [4.78, 5) is 17.2. The molecule has 0 radical (unpaired) electrons. The van der Waals surface area contributed by atoms with E-state index in [-0.39, 0.29) is 17.6 Å². The van der Waals surface area contributed by atoms with Crippen LogP contribution < -0.4 is 5.32 Å². The lowest BCUT2D eigenvalue weighted by Gasteiger charge is -2.14. The fraction of sp³-hybridized carbons (Fsp3) is 0.375. The van der Waals surface area contributed by atoms with E-state index in [1.54, 1.807) is 11.6 Å². The van der Waals surface area contributed by atoms with Crippen molar-refractivity contribution in [3.05, 3.63) is 39.3 Å². The van der Waals surface area contributed by atoms with Crippen molar-refractivity contribution in [1.29, 1.82) is 0 Å². The topological polar surface area (TPSA) is 62.2 Å². The highest BCUT2D eigenvalue weighted by atomic mass is 32.1. The standard InChI is InChI=1S/C16H20N2O2S/c1-5-12-15(21-8-17-12)16(20)18-13-7-11(9(2)3)14(19)6-10(13)4/h6-9,19H,5H2,1-4H3,(H,18,20). The smallest absolute Gasteiger partial charge is 0.267 e. The van der Waals surface area contributed by atoms with Crippen molar-refractivity contribution >= 4 is 22.9 Å². The predicted octanol–water partition coefficient (Wildman–Crippen LogP) is 4.10. The number of nitrogens with one attached hydrogen (secondary N) is 1. The maximum absolute atomic E-state index is 12.4. The van der Waals surface area contributed by atoms with Gasteiger partial charge in [0, 0.05) is 5.69 Å². The van der Waals surface area contributed by atoms with Crippen LogP contribution in [0.2, 0.25) is 0 Å². The lowest BCUT2D eigenvalue weighted by molar-refractivity contribution is 0.102. The van der Waals surface area contributed by atoms with E-state index in [9.17, 15) is 9.90 Å². The summed E-state index contributed by atoms with van der Waals surface area (Å²) < 4.78 is 0. The number of hydrogen-bond acceptors (Lipinski definition) is 4. The molecule has 0 unspecified atom stereocenters. The molecule has 2 rings (SSSR count). The van der Waals surface area contributed by atoms with E-state index < -0.39 is 0 Å². The van der Waals surface area contributed by atoms with Crippen LogP contribution >= 0.6 is 11.3 Å². The van der Waals surface area contributed by atoms with Crippen LogP contribution in [0.3, 0.4) is 0 Å². The maximum Gasteiger partial charge on any atom is 0.267 e. The van der Waals surface area contributed by atoms with Crippen LogP contribution in [0, 0.1) is 6.92 Å². The average molecular weight is 304 g/mol. The number of aromatic hydroxyl groups is 1. The molecule has 0 spiro atoms. The number of carbonyl (C=O) groups is 1. The van der Waals surface area contributed by atoms with Gasteiger partial charge in [-0.1, -0.05) is 20.8 Å². The minimum atomic E-state index is -0.141. The first-order valence-corrected chi connectivity index (χ1v) is 7.89. The summed E-state index contributed by atoms with van der Waals surface area (Å²) in [5.74, 6) is 0.321. The van der Waals surface area contributed by atoms with Crippen molar-refractivity contribution in [2.45, 2.75) is 40.0 Å². The van der Waals surface area contributed by atoms with E-state index in [1.165, 1.54) is 11.3 Å². The second kappa shape index (κ2) is 6.26. The molecular formula is C16H20N2O2S. The molecule has 2 aromatic rings. The molecule has 0 fully saturated rings. The molecule has 1 heterocycles. The van der Waals surface area contributed by atoms with Crippen LogP contribution in [-0.2, 0) is 6.42 Å². The fourth-order valence-electron chi connectivity index (χ4n) is 2.19. The number of carbonyl (C=O) groups excluding carboxylic acids is 1. The summed E-state index contributed by atoms with van der Waals surface area (Å²) >= 11 is 1.35. The van der Waals surface area contributed by atoms with E-state index in [0.717, 1.165) is 28.9 Å². The monoisotopic (exact) mass is 304 g/mol. The number of phenols is 1. The highest BCUT2D eigenvalue weighted by Gasteiger charge is 2.16. The number of rotatable bonds is 4. The first-order valence-electron chi connectivity index (χ1n) is 7.01. The third-order valence-electron chi connectivity index (χ3n) is 3.43. The van der Waals surface area contributed by atoms with Gasteiger partial charge in [0.25, 0.3) is 5.91 Å². The van der Waals surface area contributed by atoms with Gasteiger partial charge in [-0.3, -0.25) is 4.79 Å². The molecule has 0 bridgehead atoms. The average Bonchev–Trinajstić information content (AvgIpc) is 2.89. The molecule has 5 heteroatoms. The Balaban J connectivity index is 2.31. The first-order chi connectivity index (χ1) is 9.93. The summed E-state index contributed by atoms with van der Waals surface area (Å²) in [6, 6.07) is 3.54. The molecule has 4 nitrogen and oxygen atoms in total. The minimum absolute atomic E-state index is 0.141.